The minimum Gasteiger partial charge on any atom is -0.360 e. The maximum atomic E-state index is 12.3. The summed E-state index contributed by atoms with van der Waals surface area (Å²) in [6.07, 6.45) is 3.32. The van der Waals surface area contributed by atoms with Crippen LogP contribution in [0.2, 0.25) is 0 Å². The first-order chi connectivity index (χ1) is 11.0. The molecular weight excluding hydrogens is 314 g/mol. The third-order valence-electron chi connectivity index (χ3n) is 4.07. The molecule has 1 saturated heterocycles. The molecule has 0 radical (unpaired) electrons. The van der Waals surface area contributed by atoms with Gasteiger partial charge in [0.1, 0.15) is 5.76 Å². The second-order valence-electron chi connectivity index (χ2n) is 6.18. The highest BCUT2D eigenvalue weighted by Gasteiger charge is 2.21. The van der Waals surface area contributed by atoms with E-state index in [0.29, 0.717) is 23.2 Å². The van der Waals surface area contributed by atoms with Gasteiger partial charge in [-0.25, -0.2) is 0 Å². The predicted molar refractivity (Wildman–Crippen MR) is 91.4 cm³/mol. The number of anilines is 1. The van der Waals surface area contributed by atoms with Crippen LogP contribution in [0.4, 0.5) is 5.82 Å². The number of amides is 2. The van der Waals surface area contributed by atoms with E-state index in [9.17, 15) is 9.59 Å². The zero-order valence-electron chi connectivity index (χ0n) is 14.0. The van der Waals surface area contributed by atoms with Gasteiger partial charge < -0.3 is 14.7 Å². The van der Waals surface area contributed by atoms with Crippen LogP contribution < -0.4 is 5.32 Å². The third-order valence-corrected chi connectivity index (χ3v) is 5.20. The van der Waals surface area contributed by atoms with Crippen LogP contribution in [0.1, 0.15) is 38.9 Å². The van der Waals surface area contributed by atoms with Gasteiger partial charge in [0.25, 0.3) is 0 Å². The summed E-state index contributed by atoms with van der Waals surface area (Å²) < 4.78 is 4.91. The summed E-state index contributed by atoms with van der Waals surface area (Å²) in [5.41, 5.74) is 0. The molecule has 2 atom stereocenters. The van der Waals surface area contributed by atoms with Gasteiger partial charge in [0.2, 0.25) is 11.8 Å². The Morgan fingerprint density at radius 3 is 2.96 bits per heavy atom. The van der Waals surface area contributed by atoms with Gasteiger partial charge in [-0.1, -0.05) is 12.1 Å². The first-order valence-corrected chi connectivity index (χ1v) is 9.14. The fraction of sp³-hybridized carbons (Fsp3) is 0.688. The first-order valence-electron chi connectivity index (χ1n) is 8.09. The van der Waals surface area contributed by atoms with Crippen molar-refractivity contribution in [3.8, 4) is 0 Å². The lowest BCUT2D eigenvalue weighted by Gasteiger charge is -2.21. The topological polar surface area (TPSA) is 75.4 Å². The monoisotopic (exact) mass is 339 g/mol. The quantitative estimate of drug-likeness (QED) is 0.892. The van der Waals surface area contributed by atoms with Gasteiger partial charge in [0, 0.05) is 19.2 Å². The van der Waals surface area contributed by atoms with Crippen molar-refractivity contribution in [2.75, 3.05) is 24.2 Å². The van der Waals surface area contributed by atoms with Crippen LogP contribution >= 0.6 is 11.8 Å². The lowest BCUT2D eigenvalue weighted by molar-refractivity contribution is -0.128. The Morgan fingerprint density at radius 2 is 2.26 bits per heavy atom. The van der Waals surface area contributed by atoms with Gasteiger partial charge in [-0.05, 0) is 39.0 Å². The van der Waals surface area contributed by atoms with Crippen molar-refractivity contribution in [1.29, 1.82) is 0 Å². The molecule has 0 aliphatic carbocycles. The zero-order valence-corrected chi connectivity index (χ0v) is 14.8. The average molecular weight is 339 g/mol. The van der Waals surface area contributed by atoms with Crippen LogP contribution in [0, 0.1) is 12.8 Å². The van der Waals surface area contributed by atoms with Gasteiger partial charge in [-0.3, -0.25) is 9.59 Å². The molecule has 1 N–H and O–H groups in total. The summed E-state index contributed by atoms with van der Waals surface area (Å²) in [5, 5.41) is 6.11. The lowest BCUT2D eigenvalue weighted by Crippen LogP contribution is -2.34. The third kappa shape index (κ3) is 5.57. The molecule has 0 aromatic carbocycles. The molecule has 0 bridgehead atoms. The molecule has 0 spiro atoms. The van der Waals surface area contributed by atoms with Crippen molar-refractivity contribution in [2.24, 2.45) is 5.92 Å². The van der Waals surface area contributed by atoms with Crippen LogP contribution in [0.15, 0.2) is 10.6 Å². The molecule has 2 rings (SSSR count). The van der Waals surface area contributed by atoms with Gasteiger partial charge in [0.05, 0.1) is 11.0 Å². The summed E-state index contributed by atoms with van der Waals surface area (Å²) in [6, 6.07) is 1.67. The zero-order chi connectivity index (χ0) is 16.8. The lowest BCUT2D eigenvalue weighted by atomic mass is 10.0. The number of thioether (sulfide) groups is 1. The van der Waals surface area contributed by atoms with Gasteiger partial charge >= 0.3 is 0 Å². The second kappa shape index (κ2) is 8.38. The van der Waals surface area contributed by atoms with E-state index in [2.05, 4.69) is 17.4 Å². The Bertz CT molecular complexity index is 546. The highest BCUT2D eigenvalue weighted by Crippen LogP contribution is 2.19. The minimum absolute atomic E-state index is 0.126. The molecule has 2 amide bonds. The number of hydrogen-bond acceptors (Lipinski definition) is 5. The molecule has 1 aliphatic heterocycles. The molecule has 0 saturated carbocycles. The van der Waals surface area contributed by atoms with Crippen LogP contribution in [0.5, 0.6) is 0 Å². The molecule has 23 heavy (non-hydrogen) atoms. The van der Waals surface area contributed by atoms with Crippen molar-refractivity contribution in [2.45, 2.75) is 45.3 Å². The van der Waals surface area contributed by atoms with E-state index in [0.717, 1.165) is 25.9 Å². The van der Waals surface area contributed by atoms with Crippen LogP contribution in [0.3, 0.4) is 0 Å². The summed E-state index contributed by atoms with van der Waals surface area (Å²) in [4.78, 5) is 26.3. The predicted octanol–water partition coefficient (Wildman–Crippen LogP) is 2.69. The Hall–Kier alpha value is -1.50. The summed E-state index contributed by atoms with van der Waals surface area (Å²) >= 11 is 1.36. The number of rotatable bonds is 5. The van der Waals surface area contributed by atoms with E-state index < -0.39 is 0 Å². The normalized spacial score (nSPS) is 20.0. The van der Waals surface area contributed by atoms with Crippen LogP contribution in [-0.2, 0) is 9.59 Å². The van der Waals surface area contributed by atoms with Crippen molar-refractivity contribution in [3.05, 3.63) is 11.8 Å². The van der Waals surface area contributed by atoms with Gasteiger partial charge in [0.15, 0.2) is 5.82 Å². The van der Waals surface area contributed by atoms with E-state index in [-0.39, 0.29) is 17.1 Å². The second-order valence-corrected chi connectivity index (χ2v) is 7.51. The fourth-order valence-electron chi connectivity index (χ4n) is 2.53. The minimum atomic E-state index is -0.318. The van der Waals surface area contributed by atoms with E-state index >= 15 is 0 Å². The standard InChI is InChI=1S/C16H25N3O3S/c1-11-5-4-7-19(8-6-11)15(20)10-23-13(3)16(21)17-14-9-12(2)22-18-14/h9,11,13H,4-8,10H2,1-3H3,(H,17,18,21)/t11-,13+/m1/s1. The Labute approximate surface area is 141 Å². The van der Waals surface area contributed by atoms with Gasteiger partial charge in [-0.2, -0.15) is 0 Å². The van der Waals surface area contributed by atoms with Crippen LogP contribution in [-0.4, -0.2) is 46.0 Å². The van der Waals surface area contributed by atoms with E-state index in [1.165, 1.54) is 18.2 Å². The summed E-state index contributed by atoms with van der Waals surface area (Å²) in [5.74, 6) is 2.04. The Kier molecular flexibility index (Phi) is 6.50. The number of carbonyl (C=O) groups excluding carboxylic acids is 2. The van der Waals surface area contributed by atoms with E-state index in [1.807, 2.05) is 4.90 Å². The fourth-order valence-corrected chi connectivity index (χ4v) is 3.31. The van der Waals surface area contributed by atoms with Crippen molar-refractivity contribution in [3.63, 3.8) is 0 Å². The Morgan fingerprint density at radius 1 is 1.48 bits per heavy atom. The van der Waals surface area contributed by atoms with Gasteiger partial charge in [-0.15, -0.1) is 11.8 Å². The molecule has 1 aromatic rings. The number of likely N-dealkylation sites (tertiary alicyclic amines) is 1. The van der Waals surface area contributed by atoms with Crippen LogP contribution in [0.25, 0.3) is 0 Å². The molecule has 1 aliphatic rings. The smallest absolute Gasteiger partial charge is 0.238 e. The maximum Gasteiger partial charge on any atom is 0.238 e. The molecule has 0 unspecified atom stereocenters. The number of aryl methyl sites for hydroxylation is 1. The average Bonchev–Trinajstić information content (AvgIpc) is 2.79. The number of carbonyl (C=O) groups is 2. The molecule has 128 valence electrons. The first kappa shape index (κ1) is 17.8. The van der Waals surface area contributed by atoms with E-state index in [4.69, 9.17) is 4.52 Å². The molecule has 1 fully saturated rings. The summed E-state index contributed by atoms with van der Waals surface area (Å²) in [7, 11) is 0. The molecule has 7 heteroatoms. The molecule has 1 aromatic heterocycles. The highest BCUT2D eigenvalue weighted by molar-refractivity contribution is 8.01. The molecular formula is C16H25N3O3S. The molecule has 2 heterocycles. The van der Waals surface area contributed by atoms with Crippen molar-refractivity contribution in [1.82, 2.24) is 10.1 Å². The largest absolute Gasteiger partial charge is 0.360 e. The highest BCUT2D eigenvalue weighted by atomic mass is 32.2. The number of aromatic nitrogens is 1. The Balaban J connectivity index is 1.75. The number of nitrogens with one attached hydrogen (secondary N) is 1. The maximum absolute atomic E-state index is 12.3. The summed E-state index contributed by atoms with van der Waals surface area (Å²) in [6.45, 7) is 7.47. The number of hydrogen-bond donors (Lipinski definition) is 1. The van der Waals surface area contributed by atoms with Crippen molar-refractivity contribution < 1.29 is 14.1 Å². The molecule has 6 nitrogen and oxygen atoms in total. The van der Waals surface area contributed by atoms with Crippen molar-refractivity contribution >= 4 is 29.4 Å². The van der Waals surface area contributed by atoms with E-state index in [1.54, 1.807) is 19.9 Å². The SMILES string of the molecule is Cc1cc(NC(=O)[C@H](C)SCC(=O)N2CCC[C@@H](C)CC2)no1. The number of nitrogens with zero attached hydrogens (tertiary/aromatic N) is 2.